The maximum atomic E-state index is 13.0. The average Bonchev–Trinajstić information content (AvgIpc) is 3.11. The fourth-order valence-corrected chi connectivity index (χ4v) is 5.77. The lowest BCUT2D eigenvalue weighted by atomic mass is 10.2. The van der Waals surface area contributed by atoms with Crippen LogP contribution in [-0.2, 0) is 16.5 Å². The third kappa shape index (κ3) is 4.87. The molecule has 1 aromatic carbocycles. The van der Waals surface area contributed by atoms with E-state index in [1.54, 1.807) is 16.8 Å². The Balaban J connectivity index is 1.72. The number of benzene rings is 1. The van der Waals surface area contributed by atoms with E-state index in [2.05, 4.69) is 22.2 Å². The van der Waals surface area contributed by atoms with Gasteiger partial charge in [0.1, 0.15) is 5.82 Å². The van der Waals surface area contributed by atoms with E-state index in [0.717, 1.165) is 18.7 Å². The molecule has 0 spiro atoms. The Morgan fingerprint density at radius 3 is 2.77 bits per heavy atom. The molecule has 1 aliphatic heterocycles. The van der Waals surface area contributed by atoms with Gasteiger partial charge >= 0.3 is 0 Å². The van der Waals surface area contributed by atoms with E-state index < -0.39 is 9.84 Å². The molecule has 0 bridgehead atoms. The largest absolute Gasteiger partial charge is 0.330 e. The zero-order valence-corrected chi connectivity index (χ0v) is 16.8. The van der Waals surface area contributed by atoms with Crippen LogP contribution in [0.25, 0.3) is 0 Å². The highest BCUT2D eigenvalue weighted by Gasteiger charge is 2.32. The molecule has 1 aliphatic rings. The highest BCUT2D eigenvalue weighted by atomic mass is 32.2. The van der Waals surface area contributed by atoms with Crippen molar-refractivity contribution in [1.29, 1.82) is 0 Å². The van der Waals surface area contributed by atoms with Crippen molar-refractivity contribution in [2.75, 3.05) is 23.4 Å². The molecule has 0 saturated carbocycles. The number of rotatable bonds is 7. The third-order valence-corrected chi connectivity index (χ3v) is 7.23. The van der Waals surface area contributed by atoms with Crippen LogP contribution in [0.4, 0.5) is 15.2 Å². The van der Waals surface area contributed by atoms with Crippen LogP contribution in [0, 0.1) is 9.77 Å². The standard InChI is InChI=1S/C16H21FN4O2S3/c1-2-8-20(14-7-9-26(22,23)10-14)11-21-16(24)25-15(19-21)18-13-5-3-12(17)4-6-13/h3-6,14H,2,7-11H2,1H3,(H,18,19)/t14-/m1/s1. The summed E-state index contributed by atoms with van der Waals surface area (Å²) in [5.74, 6) is 0.151. The van der Waals surface area contributed by atoms with Gasteiger partial charge in [-0.2, -0.15) is 0 Å². The van der Waals surface area contributed by atoms with Crippen molar-refractivity contribution in [1.82, 2.24) is 14.7 Å². The molecule has 0 aliphatic carbocycles. The van der Waals surface area contributed by atoms with Crippen molar-refractivity contribution in [2.45, 2.75) is 32.5 Å². The molecule has 0 radical (unpaired) electrons. The van der Waals surface area contributed by atoms with Gasteiger partial charge in [-0.3, -0.25) is 4.90 Å². The van der Waals surface area contributed by atoms with Crippen LogP contribution in [0.3, 0.4) is 0 Å². The van der Waals surface area contributed by atoms with Gasteiger partial charge in [0.15, 0.2) is 13.8 Å². The first-order valence-electron chi connectivity index (χ1n) is 8.41. The van der Waals surface area contributed by atoms with Gasteiger partial charge in [0.25, 0.3) is 0 Å². The summed E-state index contributed by atoms with van der Waals surface area (Å²) in [5, 5.41) is 8.23. The van der Waals surface area contributed by atoms with Gasteiger partial charge < -0.3 is 5.32 Å². The van der Waals surface area contributed by atoms with Crippen molar-refractivity contribution in [2.24, 2.45) is 0 Å². The highest BCUT2D eigenvalue weighted by molar-refractivity contribution is 7.91. The van der Waals surface area contributed by atoms with Gasteiger partial charge in [-0.05, 0) is 55.9 Å². The minimum atomic E-state index is -2.94. The van der Waals surface area contributed by atoms with E-state index in [-0.39, 0.29) is 23.4 Å². The summed E-state index contributed by atoms with van der Waals surface area (Å²) in [4.78, 5) is 2.14. The van der Waals surface area contributed by atoms with Gasteiger partial charge in [-0.25, -0.2) is 17.5 Å². The molecule has 142 valence electrons. The Hall–Kier alpha value is -1.36. The summed E-state index contributed by atoms with van der Waals surface area (Å²) in [6.07, 6.45) is 1.58. The first-order valence-corrected chi connectivity index (χ1v) is 11.5. The third-order valence-electron chi connectivity index (χ3n) is 4.25. The lowest BCUT2D eigenvalue weighted by molar-refractivity contribution is 0.156. The molecule has 2 heterocycles. The second kappa shape index (κ2) is 8.12. The topological polar surface area (TPSA) is 67.2 Å². The molecular weight excluding hydrogens is 395 g/mol. The summed E-state index contributed by atoms with van der Waals surface area (Å²) in [6, 6.07) is 6.04. The van der Waals surface area contributed by atoms with Crippen molar-refractivity contribution in [3.63, 3.8) is 0 Å². The molecule has 6 nitrogen and oxygen atoms in total. The number of aromatic nitrogens is 2. The predicted octanol–water partition coefficient (Wildman–Crippen LogP) is 3.41. The Morgan fingerprint density at radius 1 is 1.42 bits per heavy atom. The lowest BCUT2D eigenvalue weighted by Crippen LogP contribution is -2.38. The van der Waals surface area contributed by atoms with Crippen LogP contribution in [0.15, 0.2) is 24.3 Å². The second-order valence-corrected chi connectivity index (χ2v) is 10.2. The fraction of sp³-hybridized carbons (Fsp3) is 0.500. The summed E-state index contributed by atoms with van der Waals surface area (Å²) in [6.45, 7) is 3.33. The van der Waals surface area contributed by atoms with E-state index in [1.165, 1.54) is 23.5 Å². The maximum Gasteiger partial charge on any atom is 0.209 e. The molecule has 1 atom stereocenters. The Morgan fingerprint density at radius 2 is 2.15 bits per heavy atom. The van der Waals surface area contributed by atoms with Gasteiger partial charge in [0.2, 0.25) is 5.13 Å². The monoisotopic (exact) mass is 416 g/mol. The van der Waals surface area contributed by atoms with Gasteiger partial charge in [-0.15, -0.1) is 5.10 Å². The lowest BCUT2D eigenvalue weighted by Gasteiger charge is -2.27. The normalized spacial score (nSPS) is 19.1. The molecule has 1 N–H and O–H groups in total. The zero-order chi connectivity index (χ0) is 18.7. The summed E-state index contributed by atoms with van der Waals surface area (Å²) >= 11 is 6.74. The highest BCUT2D eigenvalue weighted by Crippen LogP contribution is 2.23. The van der Waals surface area contributed by atoms with Gasteiger partial charge in [-0.1, -0.05) is 18.3 Å². The first-order chi connectivity index (χ1) is 12.4. The summed E-state index contributed by atoms with van der Waals surface area (Å²) < 4.78 is 38.9. The van der Waals surface area contributed by atoms with Gasteiger partial charge in [0, 0.05) is 11.7 Å². The first kappa shape index (κ1) is 19.4. The van der Waals surface area contributed by atoms with E-state index >= 15 is 0 Å². The molecule has 1 aromatic heterocycles. The van der Waals surface area contributed by atoms with Crippen molar-refractivity contribution >= 4 is 44.2 Å². The predicted molar refractivity (Wildman–Crippen MR) is 105 cm³/mol. The van der Waals surface area contributed by atoms with E-state index in [0.29, 0.717) is 22.2 Å². The molecule has 10 heteroatoms. The Labute approximate surface area is 161 Å². The molecule has 1 saturated heterocycles. The molecular formula is C16H21FN4O2S3. The van der Waals surface area contributed by atoms with E-state index in [4.69, 9.17) is 12.2 Å². The maximum absolute atomic E-state index is 13.0. The van der Waals surface area contributed by atoms with Crippen LogP contribution in [0.5, 0.6) is 0 Å². The number of hydrogen-bond acceptors (Lipinski definition) is 7. The van der Waals surface area contributed by atoms with Crippen LogP contribution in [-0.4, -0.2) is 47.2 Å². The van der Waals surface area contributed by atoms with Gasteiger partial charge in [0.05, 0.1) is 18.2 Å². The van der Waals surface area contributed by atoms with Crippen molar-refractivity contribution < 1.29 is 12.8 Å². The minimum Gasteiger partial charge on any atom is -0.330 e. The van der Waals surface area contributed by atoms with Crippen LogP contribution in [0.1, 0.15) is 19.8 Å². The molecule has 1 fully saturated rings. The quantitative estimate of drug-likeness (QED) is 0.698. The van der Waals surface area contributed by atoms with E-state index in [1.807, 2.05) is 0 Å². The second-order valence-electron chi connectivity index (χ2n) is 6.32. The SMILES string of the molecule is CCCN(Cn1nc(Nc2ccc(F)cc2)sc1=S)[C@@H]1CCS(=O)(=O)C1. The Kier molecular flexibility index (Phi) is 6.06. The number of sulfone groups is 1. The molecule has 0 amide bonds. The zero-order valence-electron chi connectivity index (χ0n) is 14.4. The number of anilines is 2. The summed E-state index contributed by atoms with van der Waals surface area (Å²) in [5.41, 5.74) is 0.731. The smallest absolute Gasteiger partial charge is 0.209 e. The molecule has 2 aromatic rings. The molecule has 0 unspecified atom stereocenters. The number of halogens is 1. The number of nitrogens with one attached hydrogen (secondary N) is 1. The van der Waals surface area contributed by atoms with Crippen LogP contribution >= 0.6 is 23.6 Å². The Bertz CT molecular complexity index is 908. The van der Waals surface area contributed by atoms with Crippen LogP contribution < -0.4 is 5.32 Å². The molecule has 26 heavy (non-hydrogen) atoms. The minimum absolute atomic E-state index is 0.0112. The number of nitrogens with zero attached hydrogens (tertiary/aromatic N) is 3. The average molecular weight is 417 g/mol. The number of hydrogen-bond donors (Lipinski definition) is 1. The van der Waals surface area contributed by atoms with Crippen molar-refractivity contribution in [3.8, 4) is 0 Å². The molecule has 3 rings (SSSR count). The van der Waals surface area contributed by atoms with Crippen LogP contribution in [0.2, 0.25) is 0 Å². The van der Waals surface area contributed by atoms with Crippen molar-refractivity contribution in [3.05, 3.63) is 34.0 Å². The van der Waals surface area contributed by atoms with E-state index in [9.17, 15) is 12.8 Å². The fourth-order valence-electron chi connectivity index (χ4n) is 2.99. The summed E-state index contributed by atoms with van der Waals surface area (Å²) in [7, 11) is -2.94.